The van der Waals surface area contributed by atoms with Gasteiger partial charge in [0.2, 0.25) is 0 Å². The molecule has 0 unspecified atom stereocenters. The highest BCUT2D eigenvalue weighted by Crippen LogP contribution is 2.30. The van der Waals surface area contributed by atoms with E-state index < -0.39 is 0 Å². The van der Waals surface area contributed by atoms with E-state index in [4.69, 9.17) is 9.84 Å². The predicted octanol–water partition coefficient (Wildman–Crippen LogP) is 0.976. The molecule has 1 aliphatic heterocycles. The van der Waals surface area contributed by atoms with Crippen molar-refractivity contribution < 1.29 is 9.84 Å². The summed E-state index contributed by atoms with van der Waals surface area (Å²) in [6.45, 7) is 3.95. The van der Waals surface area contributed by atoms with Crippen LogP contribution in [-0.4, -0.2) is 61.8 Å². The highest BCUT2D eigenvalue weighted by Gasteiger charge is 2.27. The third-order valence-electron chi connectivity index (χ3n) is 3.65. The van der Waals surface area contributed by atoms with Crippen LogP contribution in [0.5, 0.6) is 5.75 Å². The average molecular weight is 250 g/mol. The molecule has 1 saturated heterocycles. The molecule has 0 radical (unpaired) electrons. The van der Waals surface area contributed by atoms with Gasteiger partial charge in [-0.05, 0) is 13.1 Å². The number of methoxy groups -OCH3 is 1. The molecule has 1 atom stereocenters. The summed E-state index contributed by atoms with van der Waals surface area (Å²) in [5.74, 6) is 0.945. The van der Waals surface area contributed by atoms with Gasteiger partial charge in [-0.25, -0.2) is 0 Å². The Kier molecular flexibility index (Phi) is 4.58. The van der Waals surface area contributed by atoms with Gasteiger partial charge in [-0.3, -0.25) is 9.80 Å². The normalized spacial score (nSPS) is 22.1. The fraction of sp³-hybridized carbons (Fsp3) is 0.571. The largest absolute Gasteiger partial charge is 0.496 e. The molecule has 1 fully saturated rings. The molecule has 0 bridgehead atoms. The Morgan fingerprint density at radius 2 is 2.11 bits per heavy atom. The molecule has 100 valence electrons. The summed E-state index contributed by atoms with van der Waals surface area (Å²) in [6, 6.07) is 8.52. The van der Waals surface area contributed by atoms with Crippen molar-refractivity contribution in [1.82, 2.24) is 9.80 Å². The van der Waals surface area contributed by atoms with E-state index in [0.29, 0.717) is 6.04 Å². The molecule has 1 aromatic carbocycles. The maximum Gasteiger partial charge on any atom is 0.123 e. The molecule has 18 heavy (non-hydrogen) atoms. The van der Waals surface area contributed by atoms with Gasteiger partial charge in [-0.2, -0.15) is 0 Å². The lowest BCUT2D eigenvalue weighted by Crippen LogP contribution is -2.47. The van der Waals surface area contributed by atoms with Crippen molar-refractivity contribution >= 4 is 0 Å². The second-order valence-corrected chi connectivity index (χ2v) is 4.76. The predicted molar refractivity (Wildman–Crippen MR) is 71.9 cm³/mol. The topological polar surface area (TPSA) is 35.9 Å². The van der Waals surface area contributed by atoms with E-state index in [0.717, 1.165) is 31.9 Å². The highest BCUT2D eigenvalue weighted by atomic mass is 16.5. The fourth-order valence-electron chi connectivity index (χ4n) is 2.55. The van der Waals surface area contributed by atoms with Gasteiger partial charge >= 0.3 is 0 Å². The Labute approximate surface area is 109 Å². The first-order chi connectivity index (χ1) is 8.76. The Balaban J connectivity index is 2.18. The van der Waals surface area contributed by atoms with Crippen LogP contribution in [-0.2, 0) is 0 Å². The summed E-state index contributed by atoms with van der Waals surface area (Å²) >= 11 is 0. The molecular formula is C14H22N2O2. The molecule has 2 rings (SSSR count). The lowest BCUT2D eigenvalue weighted by molar-refractivity contribution is 0.0799. The van der Waals surface area contributed by atoms with E-state index in [1.807, 2.05) is 12.1 Å². The number of β-amino-alcohol motifs (C(OH)–C–C–N with tert-alkyl or cyclic N) is 1. The number of aliphatic hydroxyl groups is 1. The van der Waals surface area contributed by atoms with Crippen LogP contribution in [0.25, 0.3) is 0 Å². The van der Waals surface area contributed by atoms with E-state index >= 15 is 0 Å². The second-order valence-electron chi connectivity index (χ2n) is 4.76. The minimum atomic E-state index is 0.225. The summed E-state index contributed by atoms with van der Waals surface area (Å²) in [5.41, 5.74) is 1.23. The second kappa shape index (κ2) is 6.18. The summed E-state index contributed by atoms with van der Waals surface area (Å²) in [5, 5.41) is 9.06. The number of hydrogen-bond donors (Lipinski definition) is 1. The van der Waals surface area contributed by atoms with Gasteiger partial charge in [0.15, 0.2) is 0 Å². The van der Waals surface area contributed by atoms with Crippen LogP contribution in [0.3, 0.4) is 0 Å². The number of piperazine rings is 1. The summed E-state index contributed by atoms with van der Waals surface area (Å²) in [7, 11) is 3.86. The average Bonchev–Trinajstić information content (AvgIpc) is 2.41. The van der Waals surface area contributed by atoms with Crippen molar-refractivity contribution in [3.05, 3.63) is 29.8 Å². The van der Waals surface area contributed by atoms with Crippen molar-refractivity contribution in [2.75, 3.05) is 46.9 Å². The van der Waals surface area contributed by atoms with Crippen LogP contribution < -0.4 is 4.74 Å². The van der Waals surface area contributed by atoms with E-state index in [1.165, 1.54) is 5.56 Å². The number of hydrogen-bond acceptors (Lipinski definition) is 4. The van der Waals surface area contributed by atoms with Gasteiger partial charge in [0.1, 0.15) is 5.75 Å². The van der Waals surface area contributed by atoms with Gasteiger partial charge in [0, 0.05) is 31.7 Å². The number of benzene rings is 1. The number of rotatable bonds is 4. The lowest BCUT2D eigenvalue weighted by Gasteiger charge is -2.39. The van der Waals surface area contributed by atoms with Gasteiger partial charge in [-0.15, -0.1) is 0 Å². The zero-order valence-electron chi connectivity index (χ0n) is 11.2. The first-order valence-corrected chi connectivity index (χ1v) is 6.42. The number of nitrogens with zero attached hydrogens (tertiary/aromatic N) is 2. The molecule has 0 saturated carbocycles. The number of para-hydroxylation sites is 1. The van der Waals surface area contributed by atoms with Gasteiger partial charge < -0.3 is 9.84 Å². The number of ether oxygens (including phenoxy) is 1. The van der Waals surface area contributed by atoms with Gasteiger partial charge in [0.05, 0.1) is 19.8 Å². The Hall–Kier alpha value is -1.10. The number of likely N-dealkylation sites (N-methyl/N-ethyl adjacent to an activating group) is 1. The van der Waals surface area contributed by atoms with Crippen LogP contribution in [0.1, 0.15) is 11.6 Å². The molecule has 1 aromatic rings. The van der Waals surface area contributed by atoms with Crippen molar-refractivity contribution in [2.45, 2.75) is 6.04 Å². The van der Waals surface area contributed by atoms with Crippen molar-refractivity contribution in [3.63, 3.8) is 0 Å². The standard InChI is InChI=1S/C14H22N2O2/c1-15-7-8-16(9-10-17)11-13(15)12-5-3-4-6-14(12)18-2/h3-6,13,17H,7-11H2,1-2H3/t13-/m0/s1. The molecule has 1 heterocycles. The molecule has 0 spiro atoms. The zero-order valence-corrected chi connectivity index (χ0v) is 11.2. The third-order valence-corrected chi connectivity index (χ3v) is 3.65. The molecule has 0 aliphatic carbocycles. The minimum absolute atomic E-state index is 0.225. The molecular weight excluding hydrogens is 228 g/mol. The molecule has 0 amide bonds. The minimum Gasteiger partial charge on any atom is -0.496 e. The van der Waals surface area contributed by atoms with Gasteiger partial charge in [0.25, 0.3) is 0 Å². The Morgan fingerprint density at radius 1 is 1.33 bits per heavy atom. The summed E-state index contributed by atoms with van der Waals surface area (Å²) in [4.78, 5) is 4.66. The SMILES string of the molecule is COc1ccccc1[C@@H]1CN(CCO)CCN1C. The maximum absolute atomic E-state index is 9.06. The highest BCUT2D eigenvalue weighted by molar-refractivity contribution is 5.36. The van der Waals surface area contributed by atoms with E-state index in [1.54, 1.807) is 7.11 Å². The Morgan fingerprint density at radius 3 is 2.83 bits per heavy atom. The zero-order chi connectivity index (χ0) is 13.0. The fourth-order valence-corrected chi connectivity index (χ4v) is 2.55. The third kappa shape index (κ3) is 2.83. The van der Waals surface area contributed by atoms with E-state index in [2.05, 4.69) is 29.0 Å². The van der Waals surface area contributed by atoms with E-state index in [9.17, 15) is 0 Å². The van der Waals surface area contributed by atoms with Gasteiger partial charge in [-0.1, -0.05) is 18.2 Å². The molecule has 4 nitrogen and oxygen atoms in total. The molecule has 0 aromatic heterocycles. The smallest absolute Gasteiger partial charge is 0.123 e. The lowest BCUT2D eigenvalue weighted by atomic mass is 10.0. The molecule has 1 aliphatic rings. The van der Waals surface area contributed by atoms with Crippen molar-refractivity contribution in [3.8, 4) is 5.75 Å². The van der Waals surface area contributed by atoms with Crippen LogP contribution in [0.4, 0.5) is 0 Å². The number of aliphatic hydroxyl groups excluding tert-OH is 1. The van der Waals surface area contributed by atoms with Crippen LogP contribution in [0.2, 0.25) is 0 Å². The molecule has 1 N–H and O–H groups in total. The quantitative estimate of drug-likeness (QED) is 0.864. The van der Waals surface area contributed by atoms with Crippen LogP contribution >= 0.6 is 0 Å². The summed E-state index contributed by atoms with van der Waals surface area (Å²) < 4.78 is 5.45. The summed E-state index contributed by atoms with van der Waals surface area (Å²) in [6.07, 6.45) is 0. The van der Waals surface area contributed by atoms with Crippen molar-refractivity contribution in [1.29, 1.82) is 0 Å². The first-order valence-electron chi connectivity index (χ1n) is 6.42. The Bertz CT molecular complexity index is 384. The molecule has 4 heteroatoms. The van der Waals surface area contributed by atoms with Crippen LogP contribution in [0, 0.1) is 0 Å². The monoisotopic (exact) mass is 250 g/mol. The van der Waals surface area contributed by atoms with Crippen LogP contribution in [0.15, 0.2) is 24.3 Å². The maximum atomic E-state index is 9.06. The van der Waals surface area contributed by atoms with Crippen molar-refractivity contribution in [2.24, 2.45) is 0 Å². The van der Waals surface area contributed by atoms with E-state index in [-0.39, 0.29) is 6.61 Å². The first kappa shape index (κ1) is 13.3.